The van der Waals surface area contributed by atoms with Crippen molar-refractivity contribution in [2.75, 3.05) is 0 Å². The lowest BCUT2D eigenvalue weighted by molar-refractivity contribution is 0.112. The SMILES string of the molecule is CC(C)c1noc(Cn2cc(C=O)c3cccnc32)n1. The minimum absolute atomic E-state index is 0.220. The molecule has 0 saturated heterocycles. The molecule has 6 heteroatoms. The van der Waals surface area contributed by atoms with E-state index in [1.807, 2.05) is 30.5 Å². The van der Waals surface area contributed by atoms with Crippen molar-refractivity contribution in [1.82, 2.24) is 19.7 Å². The largest absolute Gasteiger partial charge is 0.337 e. The van der Waals surface area contributed by atoms with Gasteiger partial charge < -0.3 is 9.09 Å². The third-order valence-electron chi connectivity index (χ3n) is 3.10. The lowest BCUT2D eigenvalue weighted by Gasteiger charge is -1.99. The molecule has 3 heterocycles. The van der Waals surface area contributed by atoms with Crippen LogP contribution in [0, 0.1) is 0 Å². The van der Waals surface area contributed by atoms with Gasteiger partial charge in [-0.15, -0.1) is 0 Å². The number of hydrogen-bond donors (Lipinski definition) is 0. The lowest BCUT2D eigenvalue weighted by Crippen LogP contribution is -2.00. The third kappa shape index (κ3) is 2.09. The highest BCUT2D eigenvalue weighted by Gasteiger charge is 2.13. The number of carbonyl (C=O) groups is 1. The van der Waals surface area contributed by atoms with Gasteiger partial charge in [-0.3, -0.25) is 4.79 Å². The second-order valence-corrected chi connectivity index (χ2v) is 4.91. The van der Waals surface area contributed by atoms with Gasteiger partial charge in [0, 0.05) is 29.3 Å². The summed E-state index contributed by atoms with van der Waals surface area (Å²) in [5.41, 5.74) is 1.34. The first-order chi connectivity index (χ1) is 9.69. The molecule has 3 aromatic heterocycles. The summed E-state index contributed by atoms with van der Waals surface area (Å²) in [6.45, 7) is 4.42. The average Bonchev–Trinajstić information content (AvgIpc) is 3.05. The molecule has 0 aliphatic heterocycles. The van der Waals surface area contributed by atoms with Gasteiger partial charge >= 0.3 is 0 Å². The first-order valence-corrected chi connectivity index (χ1v) is 6.40. The number of carbonyl (C=O) groups excluding carboxylic acids is 1. The molecule has 3 rings (SSSR count). The summed E-state index contributed by atoms with van der Waals surface area (Å²) in [4.78, 5) is 19.7. The Morgan fingerprint density at radius 2 is 2.30 bits per heavy atom. The zero-order valence-corrected chi connectivity index (χ0v) is 11.3. The van der Waals surface area contributed by atoms with Crippen LogP contribution in [0.15, 0.2) is 29.0 Å². The number of pyridine rings is 1. The van der Waals surface area contributed by atoms with E-state index in [2.05, 4.69) is 15.1 Å². The summed E-state index contributed by atoms with van der Waals surface area (Å²) >= 11 is 0. The highest BCUT2D eigenvalue weighted by molar-refractivity contribution is 5.95. The van der Waals surface area contributed by atoms with Crippen molar-refractivity contribution in [2.24, 2.45) is 0 Å². The van der Waals surface area contributed by atoms with E-state index in [1.54, 1.807) is 12.4 Å². The summed E-state index contributed by atoms with van der Waals surface area (Å²) in [6.07, 6.45) is 4.28. The highest BCUT2D eigenvalue weighted by Crippen LogP contribution is 2.19. The summed E-state index contributed by atoms with van der Waals surface area (Å²) in [5.74, 6) is 1.41. The van der Waals surface area contributed by atoms with Gasteiger partial charge in [0.2, 0.25) is 5.89 Å². The van der Waals surface area contributed by atoms with Crippen LogP contribution in [0.1, 0.15) is 41.8 Å². The Hall–Kier alpha value is -2.50. The first kappa shape index (κ1) is 12.5. The van der Waals surface area contributed by atoms with E-state index in [0.717, 1.165) is 17.3 Å². The van der Waals surface area contributed by atoms with E-state index >= 15 is 0 Å². The van der Waals surface area contributed by atoms with E-state index in [0.29, 0.717) is 23.8 Å². The van der Waals surface area contributed by atoms with Crippen LogP contribution < -0.4 is 0 Å². The van der Waals surface area contributed by atoms with E-state index in [-0.39, 0.29) is 5.92 Å². The molecule has 3 aromatic rings. The normalized spacial score (nSPS) is 11.3. The topological polar surface area (TPSA) is 73.8 Å². The van der Waals surface area contributed by atoms with Crippen LogP contribution in [0.25, 0.3) is 11.0 Å². The Bertz CT molecular complexity index is 757. The maximum Gasteiger partial charge on any atom is 0.246 e. The van der Waals surface area contributed by atoms with Crippen molar-refractivity contribution < 1.29 is 9.32 Å². The molecule has 0 radical (unpaired) electrons. The summed E-state index contributed by atoms with van der Waals surface area (Å²) in [6, 6.07) is 3.68. The van der Waals surface area contributed by atoms with E-state index in [1.165, 1.54) is 0 Å². The minimum Gasteiger partial charge on any atom is -0.337 e. The summed E-state index contributed by atoms with van der Waals surface area (Å²) in [5, 5.41) is 4.75. The Balaban J connectivity index is 1.99. The molecular weight excluding hydrogens is 256 g/mol. The van der Waals surface area contributed by atoms with Gasteiger partial charge in [-0.05, 0) is 12.1 Å². The van der Waals surface area contributed by atoms with Crippen LogP contribution in [0.3, 0.4) is 0 Å². The molecule has 0 aliphatic carbocycles. The van der Waals surface area contributed by atoms with Crippen LogP contribution in [-0.2, 0) is 6.54 Å². The number of hydrogen-bond acceptors (Lipinski definition) is 5. The Morgan fingerprint density at radius 1 is 1.45 bits per heavy atom. The average molecular weight is 270 g/mol. The van der Waals surface area contributed by atoms with Crippen LogP contribution in [0.5, 0.6) is 0 Å². The smallest absolute Gasteiger partial charge is 0.246 e. The molecule has 0 saturated carbocycles. The number of rotatable bonds is 4. The quantitative estimate of drug-likeness (QED) is 0.680. The van der Waals surface area contributed by atoms with Crippen LogP contribution in [-0.4, -0.2) is 26.0 Å². The van der Waals surface area contributed by atoms with Gasteiger partial charge in [-0.1, -0.05) is 19.0 Å². The van der Waals surface area contributed by atoms with Crippen LogP contribution >= 0.6 is 0 Å². The second-order valence-electron chi connectivity index (χ2n) is 4.91. The van der Waals surface area contributed by atoms with Gasteiger partial charge in [0.05, 0.1) is 0 Å². The molecule has 0 fully saturated rings. The predicted molar refractivity (Wildman–Crippen MR) is 72.6 cm³/mol. The zero-order valence-electron chi connectivity index (χ0n) is 11.3. The van der Waals surface area contributed by atoms with Crippen molar-refractivity contribution in [3.05, 3.63) is 41.8 Å². The zero-order chi connectivity index (χ0) is 14.1. The van der Waals surface area contributed by atoms with E-state index in [9.17, 15) is 4.79 Å². The van der Waals surface area contributed by atoms with Crippen molar-refractivity contribution in [1.29, 1.82) is 0 Å². The summed E-state index contributed by atoms with van der Waals surface area (Å²) < 4.78 is 7.07. The first-order valence-electron chi connectivity index (χ1n) is 6.40. The van der Waals surface area contributed by atoms with Crippen molar-refractivity contribution in [3.8, 4) is 0 Å². The molecule has 0 amide bonds. The highest BCUT2D eigenvalue weighted by atomic mass is 16.5. The lowest BCUT2D eigenvalue weighted by atomic mass is 10.2. The Kier molecular flexibility index (Phi) is 3.06. The van der Waals surface area contributed by atoms with E-state index in [4.69, 9.17) is 4.52 Å². The molecule has 102 valence electrons. The Morgan fingerprint density at radius 3 is 3.00 bits per heavy atom. The van der Waals surface area contributed by atoms with Crippen LogP contribution in [0.4, 0.5) is 0 Å². The van der Waals surface area contributed by atoms with Gasteiger partial charge in [0.15, 0.2) is 12.1 Å². The predicted octanol–water partition coefficient (Wildman–Crippen LogP) is 2.40. The van der Waals surface area contributed by atoms with Gasteiger partial charge in [-0.25, -0.2) is 4.98 Å². The van der Waals surface area contributed by atoms with Gasteiger partial charge in [-0.2, -0.15) is 4.98 Å². The van der Waals surface area contributed by atoms with Gasteiger partial charge in [0.25, 0.3) is 0 Å². The molecule has 0 atom stereocenters. The van der Waals surface area contributed by atoms with Crippen molar-refractivity contribution in [3.63, 3.8) is 0 Å². The third-order valence-corrected chi connectivity index (χ3v) is 3.10. The standard InChI is InChI=1S/C14H14N4O2/c1-9(2)13-16-12(20-17-13)7-18-6-10(8-19)11-4-3-5-15-14(11)18/h3-6,8-9H,7H2,1-2H3. The molecule has 6 nitrogen and oxygen atoms in total. The molecule has 0 spiro atoms. The van der Waals surface area contributed by atoms with Crippen molar-refractivity contribution in [2.45, 2.75) is 26.3 Å². The van der Waals surface area contributed by atoms with E-state index < -0.39 is 0 Å². The molecule has 0 N–H and O–H groups in total. The molecule has 0 unspecified atom stereocenters. The number of nitrogens with zero attached hydrogens (tertiary/aromatic N) is 4. The number of fused-ring (bicyclic) bond motifs is 1. The van der Waals surface area contributed by atoms with Gasteiger partial charge in [0.1, 0.15) is 12.2 Å². The maximum absolute atomic E-state index is 11.1. The fraction of sp³-hybridized carbons (Fsp3) is 0.286. The molecule has 20 heavy (non-hydrogen) atoms. The maximum atomic E-state index is 11.1. The number of aromatic nitrogens is 4. The Labute approximate surface area is 115 Å². The molecular formula is C14H14N4O2. The molecule has 0 aromatic carbocycles. The summed E-state index contributed by atoms with van der Waals surface area (Å²) in [7, 11) is 0. The van der Waals surface area contributed by atoms with Crippen molar-refractivity contribution >= 4 is 17.3 Å². The second kappa shape index (κ2) is 4.88. The fourth-order valence-electron chi connectivity index (χ4n) is 2.08. The minimum atomic E-state index is 0.220. The fourth-order valence-corrected chi connectivity index (χ4v) is 2.08. The van der Waals surface area contributed by atoms with Crippen LogP contribution in [0.2, 0.25) is 0 Å². The molecule has 0 bridgehead atoms. The molecule has 0 aliphatic rings. The monoisotopic (exact) mass is 270 g/mol. The number of aldehydes is 1.